The SMILES string of the molecule is CC1(C)C(=O)NCC(=O)N1CC1CCCC1. The molecule has 4 nitrogen and oxygen atoms in total. The molecule has 4 heteroatoms. The van der Waals surface area contributed by atoms with Crippen molar-refractivity contribution in [3.63, 3.8) is 0 Å². The van der Waals surface area contributed by atoms with Crippen molar-refractivity contribution >= 4 is 11.8 Å². The van der Waals surface area contributed by atoms with Gasteiger partial charge in [0.1, 0.15) is 5.54 Å². The molecule has 1 N–H and O–H groups in total. The highest BCUT2D eigenvalue weighted by Gasteiger charge is 2.42. The van der Waals surface area contributed by atoms with Crippen molar-refractivity contribution in [2.45, 2.75) is 45.1 Å². The lowest BCUT2D eigenvalue weighted by molar-refractivity contribution is -0.152. The van der Waals surface area contributed by atoms with Crippen molar-refractivity contribution in [3.8, 4) is 0 Å². The second-order valence-corrected chi connectivity index (χ2v) is 5.40. The lowest BCUT2D eigenvalue weighted by Crippen LogP contribution is -2.65. The van der Waals surface area contributed by atoms with Gasteiger partial charge in [-0.25, -0.2) is 0 Å². The normalized spacial score (nSPS) is 26.0. The van der Waals surface area contributed by atoms with E-state index < -0.39 is 5.54 Å². The molecule has 0 bridgehead atoms. The van der Waals surface area contributed by atoms with E-state index in [2.05, 4.69) is 5.32 Å². The molecule has 1 aliphatic carbocycles. The Balaban J connectivity index is 2.08. The van der Waals surface area contributed by atoms with Crippen LogP contribution in [-0.4, -0.2) is 35.3 Å². The summed E-state index contributed by atoms with van der Waals surface area (Å²) in [5.74, 6) is 0.607. The molecule has 1 aliphatic heterocycles. The predicted molar refractivity (Wildman–Crippen MR) is 60.8 cm³/mol. The third kappa shape index (κ3) is 1.93. The Morgan fingerprint density at radius 3 is 2.56 bits per heavy atom. The number of carbonyl (C=O) groups excluding carboxylic acids is 2. The molecule has 90 valence electrons. The average molecular weight is 224 g/mol. The first-order valence-corrected chi connectivity index (χ1v) is 6.10. The molecule has 1 saturated heterocycles. The Labute approximate surface area is 96.4 Å². The third-order valence-corrected chi connectivity index (χ3v) is 3.85. The molecule has 0 aromatic heterocycles. The van der Waals surface area contributed by atoms with Crippen molar-refractivity contribution in [2.24, 2.45) is 5.92 Å². The van der Waals surface area contributed by atoms with Crippen LogP contribution in [0.15, 0.2) is 0 Å². The summed E-state index contributed by atoms with van der Waals surface area (Å²) >= 11 is 0. The van der Waals surface area contributed by atoms with E-state index in [4.69, 9.17) is 0 Å². The molecule has 0 radical (unpaired) electrons. The predicted octanol–water partition coefficient (Wildman–Crippen LogP) is 0.914. The van der Waals surface area contributed by atoms with Crippen LogP contribution < -0.4 is 5.32 Å². The largest absolute Gasteiger partial charge is 0.345 e. The van der Waals surface area contributed by atoms with Gasteiger partial charge < -0.3 is 10.2 Å². The Morgan fingerprint density at radius 1 is 1.31 bits per heavy atom. The fourth-order valence-electron chi connectivity index (χ4n) is 2.68. The summed E-state index contributed by atoms with van der Waals surface area (Å²) in [6.45, 7) is 4.57. The number of nitrogens with one attached hydrogen (secondary N) is 1. The first-order chi connectivity index (χ1) is 7.51. The van der Waals surface area contributed by atoms with Crippen LogP contribution in [0, 0.1) is 5.92 Å². The van der Waals surface area contributed by atoms with Crippen molar-refractivity contribution in [3.05, 3.63) is 0 Å². The number of carbonyl (C=O) groups is 2. The van der Waals surface area contributed by atoms with Crippen molar-refractivity contribution < 1.29 is 9.59 Å². The number of piperazine rings is 1. The van der Waals surface area contributed by atoms with Crippen LogP contribution in [-0.2, 0) is 9.59 Å². The summed E-state index contributed by atoms with van der Waals surface area (Å²) in [5, 5.41) is 2.65. The molecule has 2 fully saturated rings. The first kappa shape index (κ1) is 11.4. The summed E-state index contributed by atoms with van der Waals surface area (Å²) in [6.07, 6.45) is 4.92. The molecule has 0 atom stereocenters. The van der Waals surface area contributed by atoms with Gasteiger partial charge in [0.05, 0.1) is 6.54 Å². The standard InChI is InChI=1S/C12H20N2O2/c1-12(2)11(16)13-7-10(15)14(12)8-9-5-3-4-6-9/h9H,3-8H2,1-2H3,(H,13,16). The Bertz CT molecular complexity index is 306. The van der Waals surface area contributed by atoms with E-state index in [9.17, 15) is 9.59 Å². The highest BCUT2D eigenvalue weighted by molar-refractivity contribution is 5.97. The van der Waals surface area contributed by atoms with Gasteiger partial charge in [0.15, 0.2) is 0 Å². The van der Waals surface area contributed by atoms with Crippen LogP contribution >= 0.6 is 0 Å². The van der Waals surface area contributed by atoms with Gasteiger partial charge >= 0.3 is 0 Å². The summed E-state index contributed by atoms with van der Waals surface area (Å²) in [4.78, 5) is 25.4. The fourth-order valence-corrected chi connectivity index (χ4v) is 2.68. The zero-order valence-corrected chi connectivity index (χ0v) is 10.1. The number of rotatable bonds is 2. The summed E-state index contributed by atoms with van der Waals surface area (Å²) in [5.41, 5.74) is -0.683. The Kier molecular flexibility index (Phi) is 2.91. The molecular weight excluding hydrogens is 204 g/mol. The van der Waals surface area contributed by atoms with Crippen LogP contribution in [0.5, 0.6) is 0 Å². The van der Waals surface area contributed by atoms with Crippen molar-refractivity contribution in [1.82, 2.24) is 10.2 Å². The van der Waals surface area contributed by atoms with E-state index in [-0.39, 0.29) is 18.4 Å². The highest BCUT2D eigenvalue weighted by atomic mass is 16.2. The van der Waals surface area contributed by atoms with Gasteiger partial charge in [-0.3, -0.25) is 9.59 Å². The average Bonchev–Trinajstić information content (AvgIpc) is 2.72. The van der Waals surface area contributed by atoms with Crippen LogP contribution in [0.3, 0.4) is 0 Å². The molecule has 2 rings (SSSR count). The van der Waals surface area contributed by atoms with Crippen LogP contribution in [0.25, 0.3) is 0 Å². The number of amides is 2. The molecule has 2 aliphatic rings. The van der Waals surface area contributed by atoms with Gasteiger partial charge in [0.25, 0.3) is 0 Å². The third-order valence-electron chi connectivity index (χ3n) is 3.85. The fraction of sp³-hybridized carbons (Fsp3) is 0.833. The topological polar surface area (TPSA) is 49.4 Å². The molecule has 0 aromatic carbocycles. The van der Waals surface area contributed by atoms with Crippen LogP contribution in [0.2, 0.25) is 0 Å². The van der Waals surface area contributed by atoms with E-state index >= 15 is 0 Å². The molecule has 16 heavy (non-hydrogen) atoms. The van der Waals surface area contributed by atoms with E-state index in [1.165, 1.54) is 25.7 Å². The maximum atomic E-state index is 11.9. The summed E-state index contributed by atoms with van der Waals surface area (Å²) in [6, 6.07) is 0. The van der Waals surface area contributed by atoms with Gasteiger partial charge in [-0.2, -0.15) is 0 Å². The highest BCUT2D eigenvalue weighted by Crippen LogP contribution is 2.29. The minimum Gasteiger partial charge on any atom is -0.345 e. The van der Waals surface area contributed by atoms with Crippen LogP contribution in [0.1, 0.15) is 39.5 Å². The summed E-state index contributed by atoms with van der Waals surface area (Å²) in [7, 11) is 0. The Morgan fingerprint density at radius 2 is 1.94 bits per heavy atom. The van der Waals surface area contributed by atoms with Crippen molar-refractivity contribution in [2.75, 3.05) is 13.1 Å². The maximum absolute atomic E-state index is 11.9. The molecule has 1 heterocycles. The van der Waals surface area contributed by atoms with E-state index in [0.717, 1.165) is 6.54 Å². The Hall–Kier alpha value is -1.06. The minimum atomic E-state index is -0.683. The van der Waals surface area contributed by atoms with E-state index in [1.54, 1.807) is 4.90 Å². The monoisotopic (exact) mass is 224 g/mol. The summed E-state index contributed by atoms with van der Waals surface area (Å²) < 4.78 is 0. The lowest BCUT2D eigenvalue weighted by Gasteiger charge is -2.42. The molecule has 2 amide bonds. The second kappa shape index (κ2) is 4.07. The first-order valence-electron chi connectivity index (χ1n) is 6.10. The van der Waals surface area contributed by atoms with Gasteiger partial charge in [-0.05, 0) is 32.6 Å². The number of hydrogen-bond donors (Lipinski definition) is 1. The molecule has 0 spiro atoms. The van der Waals surface area contributed by atoms with Gasteiger partial charge in [0, 0.05) is 6.54 Å². The van der Waals surface area contributed by atoms with Crippen LogP contribution in [0.4, 0.5) is 0 Å². The number of hydrogen-bond acceptors (Lipinski definition) is 2. The molecule has 0 unspecified atom stereocenters. The lowest BCUT2D eigenvalue weighted by atomic mass is 9.96. The number of nitrogens with zero attached hydrogens (tertiary/aromatic N) is 1. The molecular formula is C12H20N2O2. The molecule has 0 aromatic rings. The van der Waals surface area contributed by atoms with Crippen molar-refractivity contribution in [1.29, 1.82) is 0 Å². The molecule has 1 saturated carbocycles. The van der Waals surface area contributed by atoms with E-state index in [0.29, 0.717) is 5.92 Å². The zero-order chi connectivity index (χ0) is 11.8. The van der Waals surface area contributed by atoms with Gasteiger partial charge in [-0.1, -0.05) is 12.8 Å². The minimum absolute atomic E-state index is 0.0369. The maximum Gasteiger partial charge on any atom is 0.245 e. The van der Waals surface area contributed by atoms with Gasteiger partial charge in [-0.15, -0.1) is 0 Å². The van der Waals surface area contributed by atoms with Gasteiger partial charge in [0.2, 0.25) is 11.8 Å². The zero-order valence-electron chi connectivity index (χ0n) is 10.1. The quantitative estimate of drug-likeness (QED) is 0.758. The van der Waals surface area contributed by atoms with E-state index in [1.807, 2.05) is 13.8 Å². The second-order valence-electron chi connectivity index (χ2n) is 5.40. The smallest absolute Gasteiger partial charge is 0.245 e.